The van der Waals surface area contributed by atoms with Gasteiger partial charge in [-0.15, -0.1) is 0 Å². The zero-order valence-electron chi connectivity index (χ0n) is 12.0. The summed E-state index contributed by atoms with van der Waals surface area (Å²) < 4.78 is 6.41. The molecule has 1 saturated heterocycles. The van der Waals surface area contributed by atoms with Crippen molar-refractivity contribution in [1.29, 1.82) is 0 Å². The zero-order valence-corrected chi connectivity index (χ0v) is 12.0. The van der Waals surface area contributed by atoms with Crippen LogP contribution in [0.2, 0.25) is 0 Å². The average Bonchev–Trinajstić information content (AvgIpc) is 2.75. The van der Waals surface area contributed by atoms with Gasteiger partial charge in [0.2, 0.25) is 0 Å². The topological polar surface area (TPSA) is 38.5 Å². The summed E-state index contributed by atoms with van der Waals surface area (Å²) in [5.41, 5.74) is 9.78. The number of likely N-dealkylation sites (tertiary alicyclic amines) is 1. The van der Waals surface area contributed by atoms with Crippen LogP contribution in [0, 0.1) is 13.8 Å². The van der Waals surface area contributed by atoms with E-state index in [-0.39, 0.29) is 5.60 Å². The number of nitrogens with two attached hydrogens (primary N) is 1. The Labute approximate surface area is 115 Å². The molecule has 2 heterocycles. The molecule has 0 saturated carbocycles. The molecule has 3 nitrogen and oxygen atoms in total. The van der Waals surface area contributed by atoms with Crippen molar-refractivity contribution in [2.75, 3.05) is 26.2 Å². The number of ether oxygens (including phenoxy) is 1. The van der Waals surface area contributed by atoms with Crippen molar-refractivity contribution in [2.24, 2.45) is 5.73 Å². The number of rotatable bonds is 2. The Balaban J connectivity index is 1.81. The molecule has 1 unspecified atom stereocenters. The Morgan fingerprint density at radius 3 is 2.84 bits per heavy atom. The molecule has 0 amide bonds. The van der Waals surface area contributed by atoms with Crippen LogP contribution in [0.1, 0.15) is 29.5 Å². The number of nitrogens with zero attached hydrogens (tertiary/aromatic N) is 1. The quantitative estimate of drug-likeness (QED) is 0.884. The van der Waals surface area contributed by atoms with Crippen LogP contribution in [0.25, 0.3) is 0 Å². The fraction of sp³-hybridized carbons (Fsp3) is 0.625. The number of fused-ring (bicyclic) bond motifs is 1. The fourth-order valence-corrected chi connectivity index (χ4v) is 3.37. The third kappa shape index (κ3) is 2.37. The Kier molecular flexibility index (Phi) is 3.27. The molecule has 2 aliphatic heterocycles. The molecular formula is C16H24N2O. The van der Waals surface area contributed by atoms with Crippen LogP contribution in [0.15, 0.2) is 12.1 Å². The first-order chi connectivity index (χ1) is 9.12. The van der Waals surface area contributed by atoms with Gasteiger partial charge in [0.05, 0.1) is 0 Å². The summed E-state index contributed by atoms with van der Waals surface area (Å²) in [4.78, 5) is 2.44. The van der Waals surface area contributed by atoms with Crippen molar-refractivity contribution in [3.63, 3.8) is 0 Å². The number of benzene rings is 1. The van der Waals surface area contributed by atoms with Gasteiger partial charge in [-0.2, -0.15) is 0 Å². The summed E-state index contributed by atoms with van der Waals surface area (Å²) in [5.74, 6) is 1.11. The first-order valence-electron chi connectivity index (χ1n) is 7.33. The summed E-state index contributed by atoms with van der Waals surface area (Å²) in [5, 5.41) is 0. The van der Waals surface area contributed by atoms with E-state index >= 15 is 0 Å². The van der Waals surface area contributed by atoms with Crippen molar-refractivity contribution in [3.05, 3.63) is 28.8 Å². The van der Waals surface area contributed by atoms with E-state index in [0.717, 1.165) is 51.2 Å². The van der Waals surface area contributed by atoms with Gasteiger partial charge in [-0.25, -0.2) is 0 Å². The van der Waals surface area contributed by atoms with Crippen LogP contribution < -0.4 is 10.5 Å². The van der Waals surface area contributed by atoms with Gasteiger partial charge in [0.15, 0.2) is 0 Å². The van der Waals surface area contributed by atoms with Crippen molar-refractivity contribution >= 4 is 0 Å². The minimum atomic E-state index is 0.0455. The molecule has 0 aliphatic carbocycles. The van der Waals surface area contributed by atoms with Crippen LogP contribution in [0.3, 0.4) is 0 Å². The monoisotopic (exact) mass is 260 g/mol. The maximum Gasteiger partial charge on any atom is 0.123 e. The fourth-order valence-electron chi connectivity index (χ4n) is 3.37. The maximum absolute atomic E-state index is 6.41. The molecule has 2 N–H and O–H groups in total. The second-order valence-corrected chi connectivity index (χ2v) is 6.14. The number of hydrogen-bond acceptors (Lipinski definition) is 3. The number of aryl methyl sites for hydroxylation is 3. The molecule has 1 spiro atoms. The minimum absolute atomic E-state index is 0.0455. The predicted octanol–water partition coefficient (Wildman–Crippen LogP) is 2.03. The van der Waals surface area contributed by atoms with Gasteiger partial charge in [0, 0.05) is 32.6 Å². The largest absolute Gasteiger partial charge is 0.486 e. The lowest BCUT2D eigenvalue weighted by atomic mass is 9.89. The minimum Gasteiger partial charge on any atom is -0.486 e. The van der Waals surface area contributed by atoms with E-state index < -0.39 is 0 Å². The summed E-state index contributed by atoms with van der Waals surface area (Å²) in [6, 6.07) is 4.52. The van der Waals surface area contributed by atoms with E-state index in [1.165, 1.54) is 16.7 Å². The Bertz CT molecular complexity index is 486. The molecule has 3 heteroatoms. The van der Waals surface area contributed by atoms with Gasteiger partial charge < -0.3 is 10.5 Å². The lowest BCUT2D eigenvalue weighted by Gasteiger charge is -2.36. The van der Waals surface area contributed by atoms with Crippen LogP contribution in [-0.2, 0) is 6.42 Å². The SMILES string of the molecule is Cc1cc2c(cc1C)OC1(CC2)CCN(CCN)C1. The molecule has 1 aromatic rings. The van der Waals surface area contributed by atoms with Crippen LogP contribution in [0.4, 0.5) is 0 Å². The van der Waals surface area contributed by atoms with E-state index in [1.807, 2.05) is 0 Å². The normalized spacial score (nSPS) is 26.5. The van der Waals surface area contributed by atoms with Crippen molar-refractivity contribution < 1.29 is 4.74 Å². The third-order valence-corrected chi connectivity index (χ3v) is 4.69. The summed E-state index contributed by atoms with van der Waals surface area (Å²) in [7, 11) is 0. The summed E-state index contributed by atoms with van der Waals surface area (Å²) in [6.07, 6.45) is 3.43. The Morgan fingerprint density at radius 2 is 2.05 bits per heavy atom. The van der Waals surface area contributed by atoms with Gasteiger partial charge in [-0.1, -0.05) is 6.07 Å². The van der Waals surface area contributed by atoms with Gasteiger partial charge in [-0.05, 0) is 49.4 Å². The smallest absolute Gasteiger partial charge is 0.123 e. The lowest BCUT2D eigenvalue weighted by molar-refractivity contribution is 0.0548. The first kappa shape index (κ1) is 12.9. The molecule has 0 bridgehead atoms. The maximum atomic E-state index is 6.41. The molecular weight excluding hydrogens is 236 g/mol. The summed E-state index contributed by atoms with van der Waals surface area (Å²) in [6.45, 7) is 8.23. The highest BCUT2D eigenvalue weighted by Crippen LogP contribution is 2.39. The van der Waals surface area contributed by atoms with Crippen molar-refractivity contribution in [3.8, 4) is 5.75 Å². The zero-order chi connectivity index (χ0) is 13.5. The molecule has 104 valence electrons. The standard InChI is InChI=1S/C16H24N2O/c1-12-9-14-3-4-16(19-15(14)10-13(12)2)5-7-18(11-16)8-6-17/h9-10H,3-8,11,17H2,1-2H3. The van der Waals surface area contributed by atoms with Crippen LogP contribution in [0.5, 0.6) is 5.75 Å². The molecule has 1 atom stereocenters. The molecule has 1 fully saturated rings. The molecule has 2 aliphatic rings. The van der Waals surface area contributed by atoms with E-state index in [9.17, 15) is 0 Å². The highest BCUT2D eigenvalue weighted by atomic mass is 16.5. The Hall–Kier alpha value is -1.06. The average molecular weight is 260 g/mol. The van der Waals surface area contributed by atoms with Crippen LogP contribution >= 0.6 is 0 Å². The summed E-state index contributed by atoms with van der Waals surface area (Å²) >= 11 is 0. The molecule has 0 aromatic heterocycles. The number of hydrogen-bond donors (Lipinski definition) is 1. The molecule has 3 rings (SSSR count). The molecule has 1 aromatic carbocycles. The first-order valence-corrected chi connectivity index (χ1v) is 7.33. The predicted molar refractivity (Wildman–Crippen MR) is 77.7 cm³/mol. The van der Waals surface area contributed by atoms with Gasteiger partial charge >= 0.3 is 0 Å². The lowest BCUT2D eigenvalue weighted by Crippen LogP contribution is -2.43. The van der Waals surface area contributed by atoms with Gasteiger partial charge in [-0.3, -0.25) is 4.90 Å². The Morgan fingerprint density at radius 1 is 1.26 bits per heavy atom. The highest BCUT2D eigenvalue weighted by Gasteiger charge is 2.42. The third-order valence-electron chi connectivity index (χ3n) is 4.69. The van der Waals surface area contributed by atoms with Gasteiger partial charge in [0.1, 0.15) is 11.4 Å². The molecule has 0 radical (unpaired) electrons. The molecule has 19 heavy (non-hydrogen) atoms. The van der Waals surface area contributed by atoms with Gasteiger partial charge in [0.25, 0.3) is 0 Å². The second kappa shape index (κ2) is 4.80. The van der Waals surface area contributed by atoms with E-state index in [4.69, 9.17) is 10.5 Å². The van der Waals surface area contributed by atoms with Crippen molar-refractivity contribution in [1.82, 2.24) is 4.90 Å². The van der Waals surface area contributed by atoms with E-state index in [0.29, 0.717) is 0 Å². The van der Waals surface area contributed by atoms with Crippen molar-refractivity contribution in [2.45, 2.75) is 38.7 Å². The van der Waals surface area contributed by atoms with E-state index in [1.54, 1.807) is 0 Å². The second-order valence-electron chi connectivity index (χ2n) is 6.14. The highest BCUT2D eigenvalue weighted by molar-refractivity contribution is 5.43. The van der Waals surface area contributed by atoms with E-state index in [2.05, 4.69) is 30.9 Å². The van der Waals surface area contributed by atoms with Crippen LogP contribution in [-0.4, -0.2) is 36.7 Å².